The standard InChI is InChI=1S/C21H25N5OS/c1-4-26(5-2)14-16-6-8-17(9-7-16)20(27)23-18-10-12-19(13-11-18)28-21-24-22-15-25(21)3/h6-13,15H,4-5,14H2,1-3H3,(H,23,27). The van der Waals surface area contributed by atoms with Crippen LogP contribution in [0.4, 0.5) is 5.69 Å². The van der Waals surface area contributed by atoms with E-state index in [9.17, 15) is 4.79 Å². The quantitative estimate of drug-likeness (QED) is 0.623. The fraction of sp³-hybridized carbons (Fsp3) is 0.286. The van der Waals surface area contributed by atoms with Gasteiger partial charge in [-0.1, -0.05) is 26.0 Å². The Bertz CT molecular complexity index is 901. The van der Waals surface area contributed by atoms with E-state index in [1.807, 2.05) is 60.1 Å². The smallest absolute Gasteiger partial charge is 0.255 e. The Kier molecular flexibility index (Phi) is 6.84. The summed E-state index contributed by atoms with van der Waals surface area (Å²) >= 11 is 1.53. The topological polar surface area (TPSA) is 63.1 Å². The zero-order valence-corrected chi connectivity index (χ0v) is 17.2. The summed E-state index contributed by atoms with van der Waals surface area (Å²) in [5.74, 6) is -0.108. The lowest BCUT2D eigenvalue weighted by atomic mass is 10.1. The van der Waals surface area contributed by atoms with Gasteiger partial charge in [-0.05, 0) is 66.8 Å². The van der Waals surface area contributed by atoms with Gasteiger partial charge in [0.2, 0.25) is 0 Å². The Morgan fingerprint density at radius 2 is 1.75 bits per heavy atom. The van der Waals surface area contributed by atoms with Crippen molar-refractivity contribution in [1.82, 2.24) is 19.7 Å². The summed E-state index contributed by atoms with van der Waals surface area (Å²) in [5, 5.41) is 11.7. The molecule has 0 atom stereocenters. The number of carbonyl (C=O) groups is 1. The normalized spacial score (nSPS) is 11.0. The molecular formula is C21H25N5OS. The van der Waals surface area contributed by atoms with Crippen molar-refractivity contribution in [3.8, 4) is 0 Å². The van der Waals surface area contributed by atoms with Crippen LogP contribution in [0.3, 0.4) is 0 Å². The third-order valence-corrected chi connectivity index (χ3v) is 5.57. The second-order valence-electron chi connectivity index (χ2n) is 6.46. The van der Waals surface area contributed by atoms with E-state index in [0.29, 0.717) is 5.56 Å². The second kappa shape index (κ2) is 9.52. The minimum Gasteiger partial charge on any atom is -0.322 e. The molecule has 146 valence electrons. The number of rotatable bonds is 8. The largest absolute Gasteiger partial charge is 0.322 e. The first-order valence-corrected chi connectivity index (χ1v) is 10.1. The number of nitrogens with zero attached hydrogens (tertiary/aromatic N) is 4. The Morgan fingerprint density at radius 1 is 1.07 bits per heavy atom. The average Bonchev–Trinajstić information content (AvgIpc) is 3.12. The number of nitrogens with one attached hydrogen (secondary N) is 1. The zero-order chi connectivity index (χ0) is 19.9. The maximum absolute atomic E-state index is 12.5. The molecule has 1 amide bonds. The van der Waals surface area contributed by atoms with Crippen molar-refractivity contribution in [2.45, 2.75) is 30.4 Å². The molecule has 0 aliphatic carbocycles. The van der Waals surface area contributed by atoms with Gasteiger partial charge in [0, 0.05) is 29.7 Å². The lowest BCUT2D eigenvalue weighted by Gasteiger charge is -2.18. The number of benzene rings is 2. The Balaban J connectivity index is 1.59. The van der Waals surface area contributed by atoms with Gasteiger partial charge < -0.3 is 9.88 Å². The van der Waals surface area contributed by atoms with Gasteiger partial charge in [-0.2, -0.15) is 0 Å². The molecule has 0 fully saturated rings. The van der Waals surface area contributed by atoms with E-state index in [0.717, 1.165) is 35.4 Å². The van der Waals surface area contributed by atoms with Gasteiger partial charge in [0.15, 0.2) is 5.16 Å². The molecule has 28 heavy (non-hydrogen) atoms. The minimum absolute atomic E-state index is 0.108. The number of hydrogen-bond acceptors (Lipinski definition) is 5. The molecule has 0 spiro atoms. The van der Waals surface area contributed by atoms with Gasteiger partial charge >= 0.3 is 0 Å². The van der Waals surface area contributed by atoms with E-state index >= 15 is 0 Å². The van der Waals surface area contributed by atoms with Crippen molar-refractivity contribution >= 4 is 23.4 Å². The molecule has 1 heterocycles. The molecule has 1 aromatic heterocycles. The van der Waals surface area contributed by atoms with Crippen LogP contribution in [0, 0.1) is 0 Å². The van der Waals surface area contributed by atoms with Crippen molar-refractivity contribution in [3.63, 3.8) is 0 Å². The SMILES string of the molecule is CCN(CC)Cc1ccc(C(=O)Nc2ccc(Sc3nncn3C)cc2)cc1. The van der Waals surface area contributed by atoms with Crippen molar-refractivity contribution in [2.24, 2.45) is 7.05 Å². The molecular weight excluding hydrogens is 370 g/mol. The summed E-state index contributed by atoms with van der Waals surface area (Å²) in [6.45, 7) is 7.25. The Morgan fingerprint density at radius 3 is 2.32 bits per heavy atom. The van der Waals surface area contributed by atoms with Crippen molar-refractivity contribution in [1.29, 1.82) is 0 Å². The summed E-state index contributed by atoms with van der Waals surface area (Å²) in [6.07, 6.45) is 1.67. The number of aryl methyl sites for hydroxylation is 1. The first-order valence-electron chi connectivity index (χ1n) is 9.33. The maximum Gasteiger partial charge on any atom is 0.255 e. The van der Waals surface area contributed by atoms with Crippen LogP contribution in [0.2, 0.25) is 0 Å². The molecule has 0 radical (unpaired) electrons. The minimum atomic E-state index is -0.108. The van der Waals surface area contributed by atoms with Gasteiger partial charge in [-0.15, -0.1) is 10.2 Å². The summed E-state index contributed by atoms with van der Waals surface area (Å²) in [7, 11) is 1.91. The monoisotopic (exact) mass is 395 g/mol. The van der Waals surface area contributed by atoms with E-state index in [1.165, 1.54) is 17.3 Å². The molecule has 0 aliphatic rings. The van der Waals surface area contributed by atoms with Gasteiger partial charge in [0.05, 0.1) is 0 Å². The highest BCUT2D eigenvalue weighted by atomic mass is 32.2. The highest BCUT2D eigenvalue weighted by Crippen LogP contribution is 2.26. The summed E-state index contributed by atoms with van der Waals surface area (Å²) in [5.41, 5.74) is 2.63. The molecule has 0 bridgehead atoms. The highest BCUT2D eigenvalue weighted by molar-refractivity contribution is 7.99. The third kappa shape index (κ3) is 5.21. The first kappa shape index (κ1) is 20.1. The van der Waals surface area contributed by atoms with Crippen LogP contribution >= 0.6 is 11.8 Å². The lowest BCUT2D eigenvalue weighted by molar-refractivity contribution is 0.102. The van der Waals surface area contributed by atoms with Gasteiger partial charge in [0.25, 0.3) is 5.91 Å². The van der Waals surface area contributed by atoms with Crippen LogP contribution in [0.5, 0.6) is 0 Å². The highest BCUT2D eigenvalue weighted by Gasteiger charge is 2.08. The van der Waals surface area contributed by atoms with E-state index in [4.69, 9.17) is 0 Å². The van der Waals surface area contributed by atoms with Crippen molar-refractivity contribution < 1.29 is 4.79 Å². The van der Waals surface area contributed by atoms with Crippen LogP contribution in [0.1, 0.15) is 29.8 Å². The molecule has 3 aromatic rings. The van der Waals surface area contributed by atoms with Crippen LogP contribution in [-0.4, -0.2) is 38.7 Å². The predicted molar refractivity (Wildman–Crippen MR) is 113 cm³/mol. The Labute approximate surface area is 170 Å². The molecule has 3 rings (SSSR count). The van der Waals surface area contributed by atoms with Crippen molar-refractivity contribution in [2.75, 3.05) is 18.4 Å². The first-order chi connectivity index (χ1) is 13.6. The fourth-order valence-corrected chi connectivity index (χ4v) is 3.51. The van der Waals surface area contributed by atoms with Crippen LogP contribution < -0.4 is 5.32 Å². The van der Waals surface area contributed by atoms with Gasteiger partial charge in [0.1, 0.15) is 6.33 Å². The van der Waals surface area contributed by atoms with Crippen LogP contribution in [-0.2, 0) is 13.6 Å². The van der Waals surface area contributed by atoms with Crippen molar-refractivity contribution in [3.05, 3.63) is 66.0 Å². The lowest BCUT2D eigenvalue weighted by Crippen LogP contribution is -2.22. The van der Waals surface area contributed by atoms with E-state index in [2.05, 4.69) is 34.3 Å². The summed E-state index contributed by atoms with van der Waals surface area (Å²) in [4.78, 5) is 15.9. The molecule has 0 unspecified atom stereocenters. The number of aromatic nitrogens is 3. The second-order valence-corrected chi connectivity index (χ2v) is 7.50. The Hall–Kier alpha value is -2.64. The number of anilines is 1. The number of carbonyl (C=O) groups excluding carboxylic acids is 1. The van der Waals surface area contributed by atoms with E-state index < -0.39 is 0 Å². The predicted octanol–water partition coefficient (Wildman–Crippen LogP) is 4.06. The molecule has 7 heteroatoms. The summed E-state index contributed by atoms with van der Waals surface area (Å²) in [6, 6.07) is 15.5. The van der Waals surface area contributed by atoms with Gasteiger partial charge in [-0.3, -0.25) is 9.69 Å². The molecule has 0 saturated carbocycles. The van der Waals surface area contributed by atoms with Crippen LogP contribution in [0.15, 0.2) is 64.9 Å². The third-order valence-electron chi connectivity index (χ3n) is 4.51. The molecule has 0 aliphatic heterocycles. The zero-order valence-electron chi connectivity index (χ0n) is 16.4. The van der Waals surface area contributed by atoms with E-state index in [1.54, 1.807) is 6.33 Å². The molecule has 6 nitrogen and oxygen atoms in total. The van der Waals surface area contributed by atoms with Crippen LogP contribution in [0.25, 0.3) is 0 Å². The maximum atomic E-state index is 12.5. The van der Waals surface area contributed by atoms with E-state index in [-0.39, 0.29) is 5.91 Å². The molecule has 0 saturated heterocycles. The fourth-order valence-electron chi connectivity index (χ4n) is 2.75. The molecule has 1 N–H and O–H groups in total. The molecule has 2 aromatic carbocycles. The average molecular weight is 396 g/mol. The van der Waals surface area contributed by atoms with Gasteiger partial charge in [-0.25, -0.2) is 0 Å². The number of hydrogen-bond donors (Lipinski definition) is 1. The summed E-state index contributed by atoms with van der Waals surface area (Å²) < 4.78 is 1.87. The number of amides is 1.